The second kappa shape index (κ2) is 13.0. The van der Waals surface area contributed by atoms with Crippen LogP contribution in [0.15, 0.2) is 0 Å². The van der Waals surface area contributed by atoms with Crippen LogP contribution in [0, 0.1) is 0 Å². The van der Waals surface area contributed by atoms with Gasteiger partial charge in [0.05, 0.1) is 0 Å². The van der Waals surface area contributed by atoms with E-state index in [1.165, 1.54) is 57.8 Å². The Balaban J connectivity index is 3.13. The molecule has 0 aliphatic carbocycles. The Morgan fingerprint density at radius 3 is 1.82 bits per heavy atom. The van der Waals surface area contributed by atoms with Gasteiger partial charge in [-0.3, -0.25) is 0 Å². The second-order valence-corrected chi connectivity index (χ2v) is 6.58. The Morgan fingerprint density at radius 2 is 1.24 bits per heavy atom. The molecule has 0 aromatic rings. The molecule has 0 rings (SSSR count). The van der Waals surface area contributed by atoms with Gasteiger partial charge in [0, 0.05) is 10.8 Å². The van der Waals surface area contributed by atoms with E-state index in [0.29, 0.717) is 10.8 Å². The predicted octanol–water partition coefficient (Wildman–Crippen LogP) is 6.53. The van der Waals surface area contributed by atoms with Gasteiger partial charge in [0.1, 0.15) is 0 Å². The molecule has 0 aliphatic rings. The monoisotopic (exact) mass is 280 g/mol. The molecule has 0 bridgehead atoms. The van der Waals surface area contributed by atoms with Crippen LogP contribution in [0.2, 0.25) is 0 Å². The van der Waals surface area contributed by atoms with Crippen molar-refractivity contribution in [1.82, 2.24) is 0 Å². The fourth-order valence-electron chi connectivity index (χ4n) is 2.09. The molecule has 2 atom stereocenters. The van der Waals surface area contributed by atoms with E-state index in [1.54, 1.807) is 0 Å². The number of rotatable bonds is 12. The summed E-state index contributed by atoms with van der Waals surface area (Å²) in [6.45, 7) is 4.32. The van der Waals surface area contributed by atoms with Gasteiger partial charge in [-0.05, 0) is 26.2 Å². The SMILES string of the molecule is CCCCCCCCCC(Cl)CCCC(C)Cl. The third-order valence-corrected chi connectivity index (χ3v) is 3.89. The third kappa shape index (κ3) is 14.5. The van der Waals surface area contributed by atoms with Crippen molar-refractivity contribution in [1.29, 1.82) is 0 Å². The molecule has 0 amide bonds. The molecule has 0 saturated heterocycles. The first kappa shape index (κ1) is 17.6. The molecular formula is C15H30Cl2. The maximum absolute atomic E-state index is 6.28. The molecule has 0 saturated carbocycles. The maximum Gasteiger partial charge on any atom is 0.0336 e. The zero-order valence-corrected chi connectivity index (χ0v) is 13.2. The lowest BCUT2D eigenvalue weighted by molar-refractivity contribution is 0.547. The van der Waals surface area contributed by atoms with Gasteiger partial charge in [-0.15, -0.1) is 23.2 Å². The molecule has 0 aromatic carbocycles. The quantitative estimate of drug-likeness (QED) is 0.282. The van der Waals surface area contributed by atoms with Crippen LogP contribution >= 0.6 is 23.2 Å². The zero-order valence-electron chi connectivity index (χ0n) is 11.7. The summed E-state index contributed by atoms with van der Waals surface area (Å²) in [5.74, 6) is 0. The fraction of sp³-hybridized carbons (Fsp3) is 1.00. The molecule has 0 fully saturated rings. The van der Waals surface area contributed by atoms with Crippen LogP contribution in [-0.4, -0.2) is 10.8 Å². The molecule has 0 N–H and O–H groups in total. The lowest BCUT2D eigenvalue weighted by atomic mass is 10.0. The number of hydrogen-bond donors (Lipinski definition) is 0. The van der Waals surface area contributed by atoms with Crippen LogP contribution in [0.4, 0.5) is 0 Å². The fourth-order valence-corrected chi connectivity index (χ4v) is 2.55. The first-order chi connectivity index (χ1) is 8.16. The molecule has 104 valence electrons. The largest absolute Gasteiger partial charge is 0.123 e. The lowest BCUT2D eigenvalue weighted by Crippen LogP contribution is -2.00. The Kier molecular flexibility index (Phi) is 13.5. The van der Waals surface area contributed by atoms with Crippen LogP contribution in [0.5, 0.6) is 0 Å². The van der Waals surface area contributed by atoms with Crippen molar-refractivity contribution >= 4 is 23.2 Å². The highest BCUT2D eigenvalue weighted by Crippen LogP contribution is 2.18. The Labute approximate surface area is 118 Å². The highest BCUT2D eigenvalue weighted by Gasteiger charge is 2.05. The molecule has 17 heavy (non-hydrogen) atoms. The summed E-state index contributed by atoms with van der Waals surface area (Å²) in [5.41, 5.74) is 0. The lowest BCUT2D eigenvalue weighted by Gasteiger charge is -2.09. The van der Waals surface area contributed by atoms with Gasteiger partial charge in [0.25, 0.3) is 0 Å². The zero-order chi connectivity index (χ0) is 12.9. The van der Waals surface area contributed by atoms with Crippen molar-refractivity contribution in [3.05, 3.63) is 0 Å². The first-order valence-electron chi connectivity index (χ1n) is 7.45. The van der Waals surface area contributed by atoms with Gasteiger partial charge in [0.15, 0.2) is 0 Å². The van der Waals surface area contributed by atoms with Gasteiger partial charge in [-0.2, -0.15) is 0 Å². The van der Waals surface area contributed by atoms with E-state index in [2.05, 4.69) is 13.8 Å². The number of halogens is 2. The first-order valence-corrected chi connectivity index (χ1v) is 8.32. The number of hydrogen-bond acceptors (Lipinski definition) is 0. The molecule has 2 heteroatoms. The summed E-state index contributed by atoms with van der Waals surface area (Å²) >= 11 is 12.2. The summed E-state index contributed by atoms with van der Waals surface area (Å²) in [7, 11) is 0. The highest BCUT2D eigenvalue weighted by atomic mass is 35.5. The van der Waals surface area contributed by atoms with Gasteiger partial charge < -0.3 is 0 Å². The van der Waals surface area contributed by atoms with Crippen LogP contribution in [0.25, 0.3) is 0 Å². The van der Waals surface area contributed by atoms with E-state index in [4.69, 9.17) is 23.2 Å². The summed E-state index contributed by atoms with van der Waals surface area (Å²) < 4.78 is 0. The van der Waals surface area contributed by atoms with Crippen molar-refractivity contribution < 1.29 is 0 Å². The van der Waals surface area contributed by atoms with E-state index < -0.39 is 0 Å². The molecule has 2 unspecified atom stereocenters. The standard InChI is InChI=1S/C15H30Cl2/c1-3-4-5-6-7-8-9-12-15(17)13-10-11-14(2)16/h14-15H,3-13H2,1-2H3. The van der Waals surface area contributed by atoms with Crippen molar-refractivity contribution in [3.63, 3.8) is 0 Å². The van der Waals surface area contributed by atoms with E-state index in [9.17, 15) is 0 Å². The maximum atomic E-state index is 6.28. The van der Waals surface area contributed by atoms with Crippen molar-refractivity contribution in [2.75, 3.05) is 0 Å². The molecular weight excluding hydrogens is 251 g/mol. The molecule has 0 aromatic heterocycles. The smallest absolute Gasteiger partial charge is 0.0336 e. The molecule has 0 aliphatic heterocycles. The number of unbranched alkanes of at least 4 members (excludes halogenated alkanes) is 6. The summed E-state index contributed by atoms with van der Waals surface area (Å²) in [4.78, 5) is 0. The van der Waals surface area contributed by atoms with E-state index in [1.807, 2.05) is 0 Å². The van der Waals surface area contributed by atoms with Crippen LogP contribution in [0.1, 0.15) is 84.5 Å². The normalized spacial score (nSPS) is 14.8. The molecule has 0 heterocycles. The molecule has 0 radical (unpaired) electrons. The average Bonchev–Trinajstić information content (AvgIpc) is 2.27. The van der Waals surface area contributed by atoms with Crippen molar-refractivity contribution in [2.45, 2.75) is 95.2 Å². The van der Waals surface area contributed by atoms with Crippen molar-refractivity contribution in [3.8, 4) is 0 Å². The minimum Gasteiger partial charge on any atom is -0.123 e. The summed E-state index contributed by atoms with van der Waals surface area (Å²) in [6, 6.07) is 0. The van der Waals surface area contributed by atoms with Crippen LogP contribution in [-0.2, 0) is 0 Å². The predicted molar refractivity (Wildman–Crippen MR) is 81.4 cm³/mol. The second-order valence-electron chi connectivity index (χ2n) is 5.22. The van der Waals surface area contributed by atoms with Gasteiger partial charge in [0.2, 0.25) is 0 Å². The van der Waals surface area contributed by atoms with Gasteiger partial charge in [-0.25, -0.2) is 0 Å². The number of alkyl halides is 2. The van der Waals surface area contributed by atoms with Crippen LogP contribution in [0.3, 0.4) is 0 Å². The third-order valence-electron chi connectivity index (χ3n) is 3.24. The van der Waals surface area contributed by atoms with E-state index in [-0.39, 0.29) is 0 Å². The summed E-state index contributed by atoms with van der Waals surface area (Å²) in [6.07, 6.45) is 14.2. The minimum absolute atomic E-state index is 0.303. The topological polar surface area (TPSA) is 0 Å². The Bertz CT molecular complexity index is 146. The Morgan fingerprint density at radius 1 is 0.706 bits per heavy atom. The Hall–Kier alpha value is 0.580. The summed E-state index contributed by atoms with van der Waals surface area (Å²) in [5, 5.41) is 0.679. The van der Waals surface area contributed by atoms with Gasteiger partial charge in [-0.1, -0.05) is 58.3 Å². The minimum atomic E-state index is 0.303. The van der Waals surface area contributed by atoms with Crippen molar-refractivity contribution in [2.24, 2.45) is 0 Å². The molecule has 0 spiro atoms. The molecule has 0 nitrogen and oxygen atoms in total. The highest BCUT2D eigenvalue weighted by molar-refractivity contribution is 6.20. The van der Waals surface area contributed by atoms with Gasteiger partial charge >= 0.3 is 0 Å². The van der Waals surface area contributed by atoms with E-state index >= 15 is 0 Å². The average molecular weight is 281 g/mol. The van der Waals surface area contributed by atoms with Crippen LogP contribution < -0.4 is 0 Å². The van der Waals surface area contributed by atoms with E-state index in [0.717, 1.165) is 12.8 Å².